The van der Waals surface area contributed by atoms with Crippen molar-refractivity contribution in [2.75, 3.05) is 20.3 Å². The molecule has 0 saturated carbocycles. The minimum absolute atomic E-state index is 0.00236. The number of amides is 1. The summed E-state index contributed by atoms with van der Waals surface area (Å²) in [6, 6.07) is 13.5. The van der Waals surface area contributed by atoms with Gasteiger partial charge in [0.25, 0.3) is 5.91 Å². The quantitative estimate of drug-likeness (QED) is 0.517. The highest BCUT2D eigenvalue weighted by atomic mass is 16.5. The molecule has 0 unspecified atom stereocenters. The molecule has 1 fully saturated rings. The number of allylic oxidation sites excluding steroid dienone is 1. The maximum absolute atomic E-state index is 12.9. The second-order valence-corrected chi connectivity index (χ2v) is 7.98. The van der Waals surface area contributed by atoms with Crippen LogP contribution in [0.25, 0.3) is 11.3 Å². The van der Waals surface area contributed by atoms with E-state index in [9.17, 15) is 4.79 Å². The van der Waals surface area contributed by atoms with E-state index in [1.54, 1.807) is 23.9 Å². The molecule has 3 aromatic rings. The van der Waals surface area contributed by atoms with Crippen molar-refractivity contribution in [3.63, 3.8) is 0 Å². The Morgan fingerprint density at radius 3 is 2.88 bits per heavy atom. The van der Waals surface area contributed by atoms with Gasteiger partial charge in [0.05, 0.1) is 37.1 Å². The molecule has 1 aromatic heterocycles. The molecule has 1 saturated heterocycles. The van der Waals surface area contributed by atoms with Crippen molar-refractivity contribution in [1.29, 1.82) is 0 Å². The van der Waals surface area contributed by atoms with Crippen LogP contribution in [0.3, 0.4) is 0 Å². The number of carbonyl (C=O) groups excluding carboxylic acids is 1. The van der Waals surface area contributed by atoms with Crippen molar-refractivity contribution in [3.05, 3.63) is 66.4 Å². The Balaban J connectivity index is 1.23. The summed E-state index contributed by atoms with van der Waals surface area (Å²) in [4.78, 5) is 19.4. The van der Waals surface area contributed by atoms with E-state index in [2.05, 4.69) is 15.3 Å². The highest BCUT2D eigenvalue weighted by molar-refractivity contribution is 6.03. The van der Waals surface area contributed by atoms with Crippen molar-refractivity contribution in [2.45, 2.75) is 25.4 Å². The second-order valence-electron chi connectivity index (χ2n) is 7.98. The SMILES string of the molecule is COc1cc2c(cc1OC/C=C/Cn1cc(-c3ccccc3)nn1)N=C[C@@H]1CCCN1C2=O. The number of nitrogens with zero attached hydrogens (tertiary/aromatic N) is 5. The zero-order valence-corrected chi connectivity index (χ0v) is 18.4. The molecule has 0 N–H and O–H groups in total. The number of methoxy groups -OCH3 is 1. The fourth-order valence-electron chi connectivity index (χ4n) is 4.14. The molecular weight excluding hydrogens is 418 g/mol. The van der Waals surface area contributed by atoms with Crippen LogP contribution < -0.4 is 9.47 Å². The Morgan fingerprint density at radius 1 is 1.15 bits per heavy atom. The van der Waals surface area contributed by atoms with Crippen molar-refractivity contribution >= 4 is 17.8 Å². The van der Waals surface area contributed by atoms with Gasteiger partial charge in [0, 0.05) is 24.4 Å². The minimum Gasteiger partial charge on any atom is -0.493 e. The molecular formula is C25H25N5O3. The van der Waals surface area contributed by atoms with E-state index < -0.39 is 0 Å². The summed E-state index contributed by atoms with van der Waals surface area (Å²) in [5.41, 5.74) is 3.04. The molecule has 5 rings (SSSR count). The van der Waals surface area contributed by atoms with Crippen LogP contribution in [0.2, 0.25) is 0 Å². The number of aromatic nitrogens is 3. The molecule has 0 spiro atoms. The van der Waals surface area contributed by atoms with Crippen molar-refractivity contribution in [3.8, 4) is 22.8 Å². The van der Waals surface area contributed by atoms with Crippen LogP contribution in [0.15, 0.2) is 65.8 Å². The average molecular weight is 444 g/mol. The fraction of sp³-hybridized carbons (Fsp3) is 0.280. The van der Waals surface area contributed by atoms with Gasteiger partial charge in [-0.3, -0.25) is 9.79 Å². The third-order valence-electron chi connectivity index (χ3n) is 5.86. The number of rotatable bonds is 7. The topological polar surface area (TPSA) is 81.8 Å². The van der Waals surface area contributed by atoms with Crippen LogP contribution in [0, 0.1) is 0 Å². The maximum Gasteiger partial charge on any atom is 0.256 e. The summed E-state index contributed by atoms with van der Waals surface area (Å²) in [6.45, 7) is 1.70. The van der Waals surface area contributed by atoms with Crippen LogP contribution in [0.1, 0.15) is 23.2 Å². The first kappa shape index (κ1) is 20.9. The van der Waals surface area contributed by atoms with E-state index in [4.69, 9.17) is 9.47 Å². The summed E-state index contributed by atoms with van der Waals surface area (Å²) in [5, 5.41) is 8.38. The van der Waals surface area contributed by atoms with Gasteiger partial charge < -0.3 is 14.4 Å². The molecule has 2 aromatic carbocycles. The monoisotopic (exact) mass is 443 g/mol. The van der Waals surface area contributed by atoms with Gasteiger partial charge in [-0.1, -0.05) is 41.6 Å². The van der Waals surface area contributed by atoms with E-state index in [0.29, 0.717) is 35.9 Å². The number of carbonyl (C=O) groups is 1. The number of aliphatic imine (C=N–C) groups is 1. The zero-order valence-electron chi connectivity index (χ0n) is 18.4. The van der Waals surface area contributed by atoms with Gasteiger partial charge >= 0.3 is 0 Å². The standard InChI is InChI=1S/C25H25N5O3/c1-32-23-14-20-21(26-16-19-10-7-12-30(19)25(20)31)15-24(23)33-13-6-5-11-29-17-22(27-28-29)18-8-3-2-4-9-18/h2-6,8-9,14-17,19H,7,10-13H2,1H3/b6-5+/t19-/m0/s1. The number of ether oxygens (including phenoxy) is 2. The van der Waals surface area contributed by atoms with E-state index in [1.807, 2.05) is 59.8 Å². The predicted octanol–water partition coefficient (Wildman–Crippen LogP) is 3.91. The highest BCUT2D eigenvalue weighted by Crippen LogP contribution is 2.38. The van der Waals surface area contributed by atoms with Gasteiger partial charge in [0.1, 0.15) is 12.3 Å². The lowest BCUT2D eigenvalue weighted by molar-refractivity contribution is 0.0774. The Labute approximate surface area is 192 Å². The Hall–Kier alpha value is -3.94. The van der Waals surface area contributed by atoms with Crippen molar-refractivity contribution in [1.82, 2.24) is 19.9 Å². The molecule has 2 aliphatic rings. The third kappa shape index (κ3) is 4.37. The number of hydrogen-bond acceptors (Lipinski definition) is 6. The summed E-state index contributed by atoms with van der Waals surface area (Å²) in [6.07, 6.45) is 9.62. The van der Waals surface area contributed by atoms with Crippen LogP contribution in [0.4, 0.5) is 5.69 Å². The van der Waals surface area contributed by atoms with Gasteiger partial charge in [0.15, 0.2) is 11.5 Å². The first-order valence-electron chi connectivity index (χ1n) is 11.0. The van der Waals surface area contributed by atoms with Crippen LogP contribution in [-0.2, 0) is 6.54 Å². The smallest absolute Gasteiger partial charge is 0.256 e. The molecule has 1 atom stereocenters. The van der Waals surface area contributed by atoms with Gasteiger partial charge in [-0.15, -0.1) is 5.10 Å². The molecule has 8 heteroatoms. The third-order valence-corrected chi connectivity index (χ3v) is 5.86. The lowest BCUT2D eigenvalue weighted by atomic mass is 10.1. The van der Waals surface area contributed by atoms with Crippen LogP contribution >= 0.6 is 0 Å². The summed E-state index contributed by atoms with van der Waals surface area (Å²) in [5.74, 6) is 1.07. The number of hydrogen-bond donors (Lipinski definition) is 0. The summed E-state index contributed by atoms with van der Waals surface area (Å²) >= 11 is 0. The second kappa shape index (κ2) is 9.28. The van der Waals surface area contributed by atoms with Gasteiger partial charge in [-0.25, -0.2) is 4.68 Å². The molecule has 2 aliphatic heterocycles. The van der Waals surface area contributed by atoms with E-state index in [0.717, 1.165) is 30.6 Å². The Kier molecular flexibility index (Phi) is 5.89. The van der Waals surface area contributed by atoms with Crippen molar-refractivity contribution < 1.29 is 14.3 Å². The van der Waals surface area contributed by atoms with Crippen molar-refractivity contribution in [2.24, 2.45) is 4.99 Å². The van der Waals surface area contributed by atoms with E-state index in [-0.39, 0.29) is 11.9 Å². The van der Waals surface area contributed by atoms with E-state index in [1.165, 1.54) is 0 Å². The molecule has 168 valence electrons. The molecule has 0 aliphatic carbocycles. The summed E-state index contributed by atoms with van der Waals surface area (Å²) < 4.78 is 13.2. The lowest BCUT2D eigenvalue weighted by Gasteiger charge is -2.20. The Bertz CT molecular complexity index is 1200. The van der Waals surface area contributed by atoms with Gasteiger partial charge in [0.2, 0.25) is 0 Å². The van der Waals surface area contributed by atoms with Gasteiger partial charge in [-0.05, 0) is 25.0 Å². The minimum atomic E-state index is -0.00236. The number of fused-ring (bicyclic) bond motifs is 2. The zero-order chi connectivity index (χ0) is 22.6. The lowest BCUT2D eigenvalue weighted by Crippen LogP contribution is -2.35. The van der Waals surface area contributed by atoms with Gasteiger partial charge in [-0.2, -0.15) is 0 Å². The molecule has 0 bridgehead atoms. The molecule has 0 radical (unpaired) electrons. The summed E-state index contributed by atoms with van der Waals surface area (Å²) in [7, 11) is 1.57. The first-order chi connectivity index (χ1) is 16.2. The molecule has 1 amide bonds. The van der Waals surface area contributed by atoms with Crippen LogP contribution in [-0.4, -0.2) is 58.3 Å². The first-order valence-corrected chi connectivity index (χ1v) is 11.0. The largest absolute Gasteiger partial charge is 0.493 e. The molecule has 8 nitrogen and oxygen atoms in total. The van der Waals surface area contributed by atoms with E-state index >= 15 is 0 Å². The fourth-order valence-corrected chi connectivity index (χ4v) is 4.14. The maximum atomic E-state index is 12.9. The van der Waals surface area contributed by atoms with Crippen LogP contribution in [0.5, 0.6) is 11.5 Å². The number of benzene rings is 2. The molecule has 33 heavy (non-hydrogen) atoms. The average Bonchev–Trinajstić information content (AvgIpc) is 3.50. The normalized spacial score (nSPS) is 17.2. The molecule has 3 heterocycles. The Morgan fingerprint density at radius 2 is 2.03 bits per heavy atom. The predicted molar refractivity (Wildman–Crippen MR) is 125 cm³/mol. The highest BCUT2D eigenvalue weighted by Gasteiger charge is 2.32.